The molecule has 0 aromatic carbocycles. The van der Waals surface area contributed by atoms with E-state index in [0.717, 1.165) is 31.9 Å². The Morgan fingerprint density at radius 2 is 2.11 bits per heavy atom. The molecule has 0 bridgehead atoms. The van der Waals surface area contributed by atoms with Gasteiger partial charge in [-0.1, -0.05) is 19.3 Å². The number of nitrogens with two attached hydrogens (primary N) is 1. The van der Waals surface area contributed by atoms with Gasteiger partial charge in [-0.2, -0.15) is 0 Å². The van der Waals surface area contributed by atoms with Gasteiger partial charge in [-0.25, -0.2) is 9.37 Å². The van der Waals surface area contributed by atoms with Crippen LogP contribution in [0.1, 0.15) is 38.5 Å². The number of pyridine rings is 1. The van der Waals surface area contributed by atoms with Crippen LogP contribution in [0.15, 0.2) is 18.3 Å². The van der Waals surface area contributed by atoms with E-state index in [1.807, 2.05) is 0 Å². The minimum absolute atomic E-state index is 0.154. The molecule has 0 radical (unpaired) electrons. The quantitative estimate of drug-likeness (QED) is 0.865. The van der Waals surface area contributed by atoms with Crippen LogP contribution in [-0.2, 0) is 4.79 Å². The molecule has 1 aromatic rings. The predicted molar refractivity (Wildman–Crippen MR) is 67.4 cm³/mol. The topological polar surface area (TPSA) is 68.0 Å². The molecular weight excluding hydrogens is 233 g/mol. The molecule has 0 spiro atoms. The van der Waals surface area contributed by atoms with Crippen LogP contribution < -0.4 is 11.1 Å². The van der Waals surface area contributed by atoms with E-state index in [1.165, 1.54) is 18.6 Å². The number of halogens is 1. The summed E-state index contributed by atoms with van der Waals surface area (Å²) in [6, 6.07) is 2.71. The Hall–Kier alpha value is -1.49. The lowest BCUT2D eigenvalue weighted by molar-refractivity contribution is -0.117. The van der Waals surface area contributed by atoms with Crippen LogP contribution in [0.5, 0.6) is 0 Å². The van der Waals surface area contributed by atoms with Gasteiger partial charge < -0.3 is 11.1 Å². The molecule has 0 unspecified atom stereocenters. The van der Waals surface area contributed by atoms with Crippen LogP contribution in [0.25, 0.3) is 0 Å². The molecule has 0 saturated heterocycles. The van der Waals surface area contributed by atoms with Crippen LogP contribution >= 0.6 is 0 Å². The molecule has 2 rings (SSSR count). The molecule has 1 aliphatic rings. The molecule has 5 heteroatoms. The number of amides is 1. The van der Waals surface area contributed by atoms with Crippen molar-refractivity contribution in [1.29, 1.82) is 0 Å². The third-order valence-electron chi connectivity index (χ3n) is 3.36. The highest BCUT2D eigenvalue weighted by Gasteiger charge is 2.29. The van der Waals surface area contributed by atoms with Gasteiger partial charge in [0.1, 0.15) is 11.6 Å². The highest BCUT2D eigenvalue weighted by atomic mass is 19.1. The van der Waals surface area contributed by atoms with E-state index >= 15 is 0 Å². The van der Waals surface area contributed by atoms with Crippen LogP contribution in [0.3, 0.4) is 0 Å². The van der Waals surface area contributed by atoms with Crippen LogP contribution in [0.2, 0.25) is 0 Å². The van der Waals surface area contributed by atoms with E-state index < -0.39 is 5.82 Å². The zero-order chi connectivity index (χ0) is 13.0. The monoisotopic (exact) mass is 251 g/mol. The van der Waals surface area contributed by atoms with Crippen molar-refractivity contribution >= 4 is 11.7 Å². The predicted octanol–water partition coefficient (Wildman–Crippen LogP) is 2.21. The van der Waals surface area contributed by atoms with Gasteiger partial charge >= 0.3 is 0 Å². The van der Waals surface area contributed by atoms with E-state index in [0.29, 0.717) is 12.2 Å². The van der Waals surface area contributed by atoms with Crippen LogP contribution in [0.4, 0.5) is 10.2 Å². The molecule has 18 heavy (non-hydrogen) atoms. The molecule has 0 aliphatic heterocycles. The number of carbonyl (C=O) groups excluding carboxylic acids is 1. The first-order valence-corrected chi connectivity index (χ1v) is 6.28. The molecule has 1 amide bonds. The van der Waals surface area contributed by atoms with Gasteiger partial charge in [0.05, 0.1) is 6.20 Å². The smallest absolute Gasteiger partial charge is 0.227 e. The van der Waals surface area contributed by atoms with Crippen molar-refractivity contribution in [2.75, 3.05) is 5.32 Å². The summed E-state index contributed by atoms with van der Waals surface area (Å²) in [5.74, 6) is -0.213. The summed E-state index contributed by atoms with van der Waals surface area (Å²) in [5.41, 5.74) is 5.81. The zero-order valence-electron chi connectivity index (χ0n) is 10.3. The molecule has 1 heterocycles. The lowest BCUT2D eigenvalue weighted by Gasteiger charge is -2.32. The summed E-state index contributed by atoms with van der Waals surface area (Å²) in [5, 5.41) is 2.64. The molecule has 4 nitrogen and oxygen atoms in total. The van der Waals surface area contributed by atoms with E-state index in [4.69, 9.17) is 5.73 Å². The number of anilines is 1. The highest BCUT2D eigenvalue weighted by Crippen LogP contribution is 2.28. The lowest BCUT2D eigenvalue weighted by Crippen LogP contribution is -2.44. The van der Waals surface area contributed by atoms with Crippen molar-refractivity contribution < 1.29 is 9.18 Å². The molecule has 98 valence electrons. The molecule has 1 saturated carbocycles. The van der Waals surface area contributed by atoms with Gasteiger partial charge in [0.25, 0.3) is 0 Å². The molecule has 3 N–H and O–H groups in total. The van der Waals surface area contributed by atoms with Crippen LogP contribution in [0, 0.1) is 5.82 Å². The van der Waals surface area contributed by atoms with Crippen molar-refractivity contribution in [1.82, 2.24) is 4.98 Å². The highest BCUT2D eigenvalue weighted by molar-refractivity contribution is 5.90. The molecular formula is C13H18FN3O. The minimum Gasteiger partial charge on any atom is -0.325 e. The summed E-state index contributed by atoms with van der Waals surface area (Å²) >= 11 is 0. The van der Waals surface area contributed by atoms with E-state index in [1.54, 1.807) is 0 Å². The molecule has 1 aliphatic carbocycles. The number of hydrogen-bond acceptors (Lipinski definition) is 3. The number of nitrogens with zero attached hydrogens (tertiary/aromatic N) is 1. The SMILES string of the molecule is NC1(CC(=O)Nc2ccc(F)cn2)CCCCC1. The van der Waals surface area contributed by atoms with Crippen molar-refractivity contribution in [3.05, 3.63) is 24.1 Å². The molecule has 1 fully saturated rings. The first kappa shape index (κ1) is 13.0. The van der Waals surface area contributed by atoms with Crippen molar-refractivity contribution in [2.45, 2.75) is 44.1 Å². The Bertz CT molecular complexity index is 413. The Balaban J connectivity index is 1.90. The summed E-state index contributed by atoms with van der Waals surface area (Å²) in [6.45, 7) is 0. The average Bonchev–Trinajstić information content (AvgIpc) is 2.32. The standard InChI is InChI=1S/C13H18FN3O/c14-10-4-5-11(16-9-10)17-12(18)8-13(15)6-2-1-3-7-13/h4-5,9H,1-3,6-8,15H2,(H,16,17,18). The number of nitrogens with one attached hydrogen (secondary N) is 1. The van der Waals surface area contributed by atoms with Gasteiger partial charge in [-0.15, -0.1) is 0 Å². The Morgan fingerprint density at radius 1 is 1.39 bits per heavy atom. The Labute approximate surface area is 106 Å². The minimum atomic E-state index is -0.421. The maximum atomic E-state index is 12.7. The largest absolute Gasteiger partial charge is 0.325 e. The van der Waals surface area contributed by atoms with Gasteiger partial charge in [0.2, 0.25) is 5.91 Å². The maximum Gasteiger partial charge on any atom is 0.227 e. The summed E-state index contributed by atoms with van der Waals surface area (Å²) in [4.78, 5) is 15.6. The maximum absolute atomic E-state index is 12.7. The summed E-state index contributed by atoms with van der Waals surface area (Å²) in [6.07, 6.45) is 6.51. The van der Waals surface area contributed by atoms with E-state index in [-0.39, 0.29) is 11.4 Å². The van der Waals surface area contributed by atoms with Crippen LogP contribution in [-0.4, -0.2) is 16.4 Å². The van der Waals surface area contributed by atoms with Gasteiger partial charge in [0, 0.05) is 12.0 Å². The first-order chi connectivity index (χ1) is 8.57. The number of rotatable bonds is 3. The van der Waals surface area contributed by atoms with Crippen molar-refractivity contribution in [2.24, 2.45) is 5.73 Å². The zero-order valence-corrected chi connectivity index (χ0v) is 10.3. The number of aromatic nitrogens is 1. The van der Waals surface area contributed by atoms with E-state index in [2.05, 4.69) is 10.3 Å². The fourth-order valence-corrected chi connectivity index (χ4v) is 2.39. The number of carbonyl (C=O) groups is 1. The van der Waals surface area contributed by atoms with E-state index in [9.17, 15) is 9.18 Å². The normalized spacial score (nSPS) is 18.3. The second-order valence-electron chi connectivity index (χ2n) is 5.01. The second kappa shape index (κ2) is 5.44. The van der Waals surface area contributed by atoms with Gasteiger partial charge in [-0.05, 0) is 25.0 Å². The van der Waals surface area contributed by atoms with Gasteiger partial charge in [0.15, 0.2) is 0 Å². The third kappa shape index (κ3) is 3.50. The fourth-order valence-electron chi connectivity index (χ4n) is 2.39. The lowest BCUT2D eigenvalue weighted by atomic mass is 9.80. The third-order valence-corrected chi connectivity index (χ3v) is 3.36. The summed E-state index contributed by atoms with van der Waals surface area (Å²) in [7, 11) is 0. The second-order valence-corrected chi connectivity index (χ2v) is 5.01. The molecule has 0 atom stereocenters. The van der Waals surface area contributed by atoms with Crippen molar-refractivity contribution in [3.63, 3.8) is 0 Å². The summed E-state index contributed by atoms with van der Waals surface area (Å²) < 4.78 is 12.7. The van der Waals surface area contributed by atoms with Crippen molar-refractivity contribution in [3.8, 4) is 0 Å². The number of hydrogen-bond donors (Lipinski definition) is 2. The fraction of sp³-hybridized carbons (Fsp3) is 0.538. The Morgan fingerprint density at radius 3 is 2.72 bits per heavy atom. The average molecular weight is 251 g/mol. The Kier molecular flexibility index (Phi) is 3.91. The van der Waals surface area contributed by atoms with Gasteiger partial charge in [-0.3, -0.25) is 4.79 Å². The first-order valence-electron chi connectivity index (χ1n) is 6.28. The molecule has 1 aromatic heterocycles.